The lowest BCUT2D eigenvalue weighted by atomic mass is 10.1. The Labute approximate surface area is 107 Å². The van der Waals surface area contributed by atoms with Crippen molar-refractivity contribution in [2.45, 2.75) is 46.8 Å². The third-order valence-corrected chi connectivity index (χ3v) is 3.26. The van der Waals surface area contributed by atoms with Gasteiger partial charge in [-0.15, -0.1) is 0 Å². The van der Waals surface area contributed by atoms with Crippen LogP contribution in [0.3, 0.4) is 0 Å². The van der Waals surface area contributed by atoms with Crippen LogP contribution < -0.4 is 5.32 Å². The Morgan fingerprint density at radius 3 is 2.83 bits per heavy atom. The molecule has 5 nitrogen and oxygen atoms in total. The zero-order valence-corrected chi connectivity index (χ0v) is 11.4. The average Bonchev–Trinajstić information content (AvgIpc) is 2.94. The molecule has 0 aliphatic rings. The molecule has 1 unspecified atom stereocenters. The molecule has 0 bridgehead atoms. The van der Waals surface area contributed by atoms with Crippen LogP contribution in [0.5, 0.6) is 0 Å². The summed E-state index contributed by atoms with van der Waals surface area (Å²) in [6.07, 6.45) is 1.84. The summed E-state index contributed by atoms with van der Waals surface area (Å²) in [4.78, 5) is 0. The summed E-state index contributed by atoms with van der Waals surface area (Å²) in [5.41, 5.74) is 3.30. The lowest BCUT2D eigenvalue weighted by Gasteiger charge is -2.15. The number of rotatable bonds is 5. The zero-order valence-electron chi connectivity index (χ0n) is 11.4. The molecule has 2 heterocycles. The van der Waals surface area contributed by atoms with Gasteiger partial charge in [-0.3, -0.25) is 4.68 Å². The Bertz CT molecular complexity index is 495. The van der Waals surface area contributed by atoms with E-state index in [0.717, 1.165) is 30.1 Å². The van der Waals surface area contributed by atoms with Crippen molar-refractivity contribution in [2.75, 3.05) is 0 Å². The Morgan fingerprint density at radius 2 is 2.22 bits per heavy atom. The maximum Gasteiger partial charge on any atom is 0.138 e. The normalized spacial score (nSPS) is 12.9. The topological polar surface area (TPSA) is 55.9 Å². The van der Waals surface area contributed by atoms with Crippen molar-refractivity contribution < 1.29 is 4.52 Å². The first-order valence-corrected chi connectivity index (χ1v) is 6.30. The molecule has 1 atom stereocenters. The van der Waals surface area contributed by atoms with Crippen molar-refractivity contribution in [3.63, 3.8) is 0 Å². The number of nitrogens with zero attached hydrogens (tertiary/aromatic N) is 3. The molecule has 0 amide bonds. The Hall–Kier alpha value is -1.62. The standard InChI is InChI=1S/C13H20N4O/c1-5-17-13(6-7-15-17)10(3)14-8-12-9(2)16-18-11(12)4/h6-7,10,14H,5,8H2,1-4H3. The highest BCUT2D eigenvalue weighted by atomic mass is 16.5. The van der Waals surface area contributed by atoms with Gasteiger partial charge in [-0.25, -0.2) is 0 Å². The highest BCUT2D eigenvalue weighted by Crippen LogP contribution is 2.16. The molecule has 5 heteroatoms. The molecule has 0 saturated heterocycles. The fourth-order valence-corrected chi connectivity index (χ4v) is 2.09. The van der Waals surface area contributed by atoms with E-state index in [1.807, 2.05) is 24.7 Å². The van der Waals surface area contributed by atoms with Crippen LogP contribution in [0.25, 0.3) is 0 Å². The minimum Gasteiger partial charge on any atom is -0.361 e. The van der Waals surface area contributed by atoms with Crippen molar-refractivity contribution in [1.29, 1.82) is 0 Å². The van der Waals surface area contributed by atoms with Crippen molar-refractivity contribution in [3.8, 4) is 0 Å². The van der Waals surface area contributed by atoms with Gasteiger partial charge in [0.2, 0.25) is 0 Å². The van der Waals surface area contributed by atoms with Crippen LogP contribution in [0.4, 0.5) is 0 Å². The third kappa shape index (κ3) is 2.46. The Morgan fingerprint density at radius 1 is 1.44 bits per heavy atom. The Balaban J connectivity index is 2.03. The summed E-state index contributed by atoms with van der Waals surface area (Å²) in [6, 6.07) is 2.30. The van der Waals surface area contributed by atoms with Gasteiger partial charge in [0.25, 0.3) is 0 Å². The molecule has 0 spiro atoms. The highest BCUT2D eigenvalue weighted by Gasteiger charge is 2.13. The first-order chi connectivity index (χ1) is 8.63. The summed E-state index contributed by atoms with van der Waals surface area (Å²) < 4.78 is 7.16. The second kappa shape index (κ2) is 5.35. The van der Waals surface area contributed by atoms with Crippen LogP contribution in [0.2, 0.25) is 0 Å². The lowest BCUT2D eigenvalue weighted by molar-refractivity contribution is 0.391. The first kappa shape index (κ1) is 12.8. The molecule has 2 rings (SSSR count). The van der Waals surface area contributed by atoms with Crippen molar-refractivity contribution in [2.24, 2.45) is 0 Å². The number of hydrogen-bond donors (Lipinski definition) is 1. The molecular formula is C13H20N4O. The monoisotopic (exact) mass is 248 g/mol. The van der Waals surface area contributed by atoms with E-state index in [4.69, 9.17) is 4.52 Å². The molecule has 0 radical (unpaired) electrons. The SMILES string of the molecule is CCn1nccc1C(C)NCc1c(C)noc1C. The van der Waals surface area contributed by atoms with E-state index >= 15 is 0 Å². The molecular weight excluding hydrogens is 228 g/mol. The Kier molecular flexibility index (Phi) is 3.81. The maximum absolute atomic E-state index is 5.16. The zero-order chi connectivity index (χ0) is 13.1. The van der Waals surface area contributed by atoms with Crippen molar-refractivity contribution in [1.82, 2.24) is 20.3 Å². The number of aromatic nitrogens is 3. The molecule has 1 N–H and O–H groups in total. The maximum atomic E-state index is 5.16. The minimum atomic E-state index is 0.251. The molecule has 2 aromatic rings. The molecule has 98 valence electrons. The molecule has 0 fully saturated rings. The van der Waals surface area contributed by atoms with E-state index in [0.29, 0.717) is 0 Å². The molecule has 2 aromatic heterocycles. The summed E-state index contributed by atoms with van der Waals surface area (Å²) in [5, 5.41) is 11.7. The van der Waals surface area contributed by atoms with Gasteiger partial charge in [-0.1, -0.05) is 5.16 Å². The highest BCUT2D eigenvalue weighted by molar-refractivity contribution is 5.20. The van der Waals surface area contributed by atoms with E-state index in [1.165, 1.54) is 5.69 Å². The van der Waals surface area contributed by atoms with Crippen LogP contribution in [0.1, 0.15) is 42.6 Å². The average molecular weight is 248 g/mol. The molecule has 0 aliphatic carbocycles. The summed E-state index contributed by atoms with van der Waals surface area (Å²) in [7, 11) is 0. The van der Waals surface area contributed by atoms with Gasteiger partial charge < -0.3 is 9.84 Å². The number of hydrogen-bond acceptors (Lipinski definition) is 4. The third-order valence-electron chi connectivity index (χ3n) is 3.26. The van der Waals surface area contributed by atoms with Crippen molar-refractivity contribution >= 4 is 0 Å². The largest absolute Gasteiger partial charge is 0.361 e. The number of aryl methyl sites for hydroxylation is 3. The van der Waals surface area contributed by atoms with E-state index in [9.17, 15) is 0 Å². The van der Waals surface area contributed by atoms with Crippen LogP contribution in [-0.2, 0) is 13.1 Å². The van der Waals surface area contributed by atoms with E-state index in [-0.39, 0.29) is 6.04 Å². The van der Waals surface area contributed by atoms with Gasteiger partial charge in [0.15, 0.2) is 0 Å². The van der Waals surface area contributed by atoms with Gasteiger partial charge in [-0.05, 0) is 33.8 Å². The first-order valence-electron chi connectivity index (χ1n) is 6.30. The lowest BCUT2D eigenvalue weighted by Crippen LogP contribution is -2.21. The van der Waals surface area contributed by atoms with Crippen LogP contribution >= 0.6 is 0 Å². The fraction of sp³-hybridized carbons (Fsp3) is 0.538. The van der Waals surface area contributed by atoms with Gasteiger partial charge in [0.05, 0.1) is 11.4 Å². The predicted molar refractivity (Wildman–Crippen MR) is 69.1 cm³/mol. The smallest absolute Gasteiger partial charge is 0.138 e. The summed E-state index contributed by atoms with van der Waals surface area (Å²) in [5.74, 6) is 0.885. The van der Waals surface area contributed by atoms with E-state index < -0.39 is 0 Å². The van der Waals surface area contributed by atoms with Gasteiger partial charge in [0.1, 0.15) is 5.76 Å². The van der Waals surface area contributed by atoms with E-state index in [1.54, 1.807) is 0 Å². The predicted octanol–water partition coefficient (Wildman–Crippen LogP) is 2.36. The van der Waals surface area contributed by atoms with Gasteiger partial charge >= 0.3 is 0 Å². The molecule has 0 saturated carbocycles. The van der Waals surface area contributed by atoms with Crippen molar-refractivity contribution in [3.05, 3.63) is 35.0 Å². The molecule has 0 aliphatic heterocycles. The second-order valence-electron chi connectivity index (χ2n) is 4.48. The van der Waals surface area contributed by atoms with Gasteiger partial charge in [0, 0.05) is 30.9 Å². The fourth-order valence-electron chi connectivity index (χ4n) is 2.09. The number of nitrogens with one attached hydrogen (secondary N) is 1. The van der Waals surface area contributed by atoms with Crippen LogP contribution in [0.15, 0.2) is 16.8 Å². The molecule has 0 aromatic carbocycles. The summed E-state index contributed by atoms with van der Waals surface area (Å²) >= 11 is 0. The molecule has 18 heavy (non-hydrogen) atoms. The second-order valence-corrected chi connectivity index (χ2v) is 4.48. The summed E-state index contributed by atoms with van der Waals surface area (Å²) in [6.45, 7) is 9.79. The van der Waals surface area contributed by atoms with Gasteiger partial charge in [-0.2, -0.15) is 5.10 Å². The van der Waals surface area contributed by atoms with E-state index in [2.05, 4.69) is 35.5 Å². The van der Waals surface area contributed by atoms with Crippen LogP contribution in [0, 0.1) is 13.8 Å². The quantitative estimate of drug-likeness (QED) is 0.882. The minimum absolute atomic E-state index is 0.251. The van der Waals surface area contributed by atoms with Crippen LogP contribution in [-0.4, -0.2) is 14.9 Å².